The lowest BCUT2D eigenvalue weighted by Crippen LogP contribution is -2.34. The lowest BCUT2D eigenvalue weighted by molar-refractivity contribution is 0.227. The molecule has 0 spiro atoms. The summed E-state index contributed by atoms with van der Waals surface area (Å²) in [6.07, 6.45) is 0.468. The Kier molecular flexibility index (Phi) is 11.7. The molecule has 0 unspecified atom stereocenters. The highest BCUT2D eigenvalue weighted by atomic mass is 28.4. The summed E-state index contributed by atoms with van der Waals surface area (Å²) in [5.74, 6) is 0. The molecule has 0 rings (SSSR count). The van der Waals surface area contributed by atoms with E-state index in [-0.39, 0.29) is 17.0 Å². The van der Waals surface area contributed by atoms with Gasteiger partial charge in [0.15, 0.2) is 0 Å². The van der Waals surface area contributed by atoms with Gasteiger partial charge in [-0.3, -0.25) is 0 Å². The monoisotopic (exact) mass is 173 g/mol. The molecule has 0 aromatic heterocycles. The Balaban J connectivity index is -0.000000245. The van der Waals surface area contributed by atoms with Crippen molar-refractivity contribution in [1.82, 2.24) is 0 Å². The van der Waals surface area contributed by atoms with E-state index in [0.717, 1.165) is 0 Å². The Morgan fingerprint density at radius 2 is 1.50 bits per heavy atom. The Morgan fingerprint density at radius 1 is 1.10 bits per heavy atom. The van der Waals surface area contributed by atoms with Crippen LogP contribution >= 0.6 is 0 Å². The van der Waals surface area contributed by atoms with Crippen LogP contribution in [0.15, 0.2) is 0 Å². The largest absolute Gasteiger partial charge is 0.492 e. The van der Waals surface area contributed by atoms with Gasteiger partial charge in [0, 0.05) is 6.04 Å². The minimum Gasteiger partial charge on any atom is -0.412 e. The standard InChI is InChI=1S/C3H11NO3Si.2H2O/c4-2-1-3-8(5,6)7;;/h5-7H,1-4H2;2*1H2. The highest BCUT2D eigenvalue weighted by molar-refractivity contribution is 6.56. The molecule has 0 atom stereocenters. The average Bonchev–Trinajstić information content (AvgIpc) is 1.59. The second kappa shape index (κ2) is 7.09. The Bertz CT molecular complexity index is 64.4. The summed E-state index contributed by atoms with van der Waals surface area (Å²) >= 11 is 0. The smallest absolute Gasteiger partial charge is 0.412 e. The van der Waals surface area contributed by atoms with Gasteiger partial charge in [-0.15, -0.1) is 0 Å². The summed E-state index contributed by atoms with van der Waals surface area (Å²) in [5.41, 5.74) is 5.02. The number of hydrogen-bond donors (Lipinski definition) is 4. The summed E-state index contributed by atoms with van der Waals surface area (Å²) < 4.78 is 0. The van der Waals surface area contributed by atoms with Gasteiger partial charge in [0.05, 0.1) is 0 Å². The SMILES string of the molecule is NCCC[Si](O)(O)O.O.O. The summed E-state index contributed by atoms with van der Waals surface area (Å²) in [6.45, 7) is 0.385. The van der Waals surface area contributed by atoms with Gasteiger partial charge in [-0.2, -0.15) is 0 Å². The fraction of sp³-hybridized carbons (Fsp3) is 1.00. The predicted octanol–water partition coefficient (Wildman–Crippen LogP) is -3.40. The molecule has 0 aliphatic rings. The Morgan fingerprint density at radius 3 is 1.60 bits per heavy atom. The second-order valence-corrected chi connectivity index (χ2v) is 3.72. The Labute approximate surface area is 59.9 Å². The molecule has 0 saturated carbocycles. The van der Waals surface area contributed by atoms with Crippen molar-refractivity contribution in [3.8, 4) is 0 Å². The van der Waals surface area contributed by atoms with Crippen LogP contribution in [-0.2, 0) is 0 Å². The zero-order chi connectivity index (χ0) is 6.62. The van der Waals surface area contributed by atoms with E-state index in [1.54, 1.807) is 0 Å². The van der Waals surface area contributed by atoms with E-state index >= 15 is 0 Å². The molecule has 10 heavy (non-hydrogen) atoms. The number of hydrogen-bond acceptors (Lipinski definition) is 4. The van der Waals surface area contributed by atoms with Crippen molar-refractivity contribution >= 4 is 8.80 Å². The van der Waals surface area contributed by atoms with Crippen LogP contribution in [-0.4, -0.2) is 40.7 Å². The fourth-order valence-corrected chi connectivity index (χ4v) is 1.02. The molecule has 66 valence electrons. The van der Waals surface area contributed by atoms with E-state index in [1.165, 1.54) is 0 Å². The van der Waals surface area contributed by atoms with Crippen LogP contribution in [0.3, 0.4) is 0 Å². The predicted molar refractivity (Wildman–Crippen MR) is 38.1 cm³/mol. The molecule has 7 heteroatoms. The molecule has 0 amide bonds. The number of nitrogens with two attached hydrogens (primary N) is 1. The summed E-state index contributed by atoms with van der Waals surface area (Å²) in [7, 11) is -3.76. The molecule has 0 fully saturated rings. The first kappa shape index (κ1) is 16.5. The van der Waals surface area contributed by atoms with E-state index in [0.29, 0.717) is 13.0 Å². The van der Waals surface area contributed by atoms with E-state index in [4.69, 9.17) is 20.1 Å². The fourth-order valence-electron chi connectivity index (χ4n) is 0.339. The molecule has 0 radical (unpaired) electrons. The zero-order valence-corrected chi connectivity index (χ0v) is 6.54. The normalized spacial score (nSPS) is 9.60. The van der Waals surface area contributed by atoms with Crippen LogP contribution in [0.1, 0.15) is 6.42 Å². The van der Waals surface area contributed by atoms with Crippen molar-refractivity contribution in [3.05, 3.63) is 0 Å². The molecule has 0 saturated heterocycles. The van der Waals surface area contributed by atoms with Crippen LogP contribution < -0.4 is 5.73 Å². The molecular weight excluding hydrogens is 158 g/mol. The van der Waals surface area contributed by atoms with Gasteiger partial charge in [-0.1, -0.05) is 0 Å². The van der Waals surface area contributed by atoms with Gasteiger partial charge >= 0.3 is 8.80 Å². The van der Waals surface area contributed by atoms with Crippen LogP contribution in [0.4, 0.5) is 0 Å². The molecule has 6 nitrogen and oxygen atoms in total. The van der Waals surface area contributed by atoms with Crippen molar-refractivity contribution < 1.29 is 25.3 Å². The molecule has 0 heterocycles. The molecule has 0 aliphatic carbocycles. The molecular formula is C3H15NO5Si. The first-order valence-electron chi connectivity index (χ1n) is 2.43. The van der Waals surface area contributed by atoms with Crippen LogP contribution in [0.2, 0.25) is 6.04 Å². The lowest BCUT2D eigenvalue weighted by Gasteiger charge is -2.06. The van der Waals surface area contributed by atoms with E-state index in [1.807, 2.05) is 0 Å². The lowest BCUT2D eigenvalue weighted by atomic mass is 10.5. The van der Waals surface area contributed by atoms with Gasteiger partial charge in [0.25, 0.3) is 0 Å². The van der Waals surface area contributed by atoms with Gasteiger partial charge in [-0.25, -0.2) is 0 Å². The third-order valence-corrected chi connectivity index (χ3v) is 1.74. The maximum atomic E-state index is 8.34. The van der Waals surface area contributed by atoms with Gasteiger partial charge < -0.3 is 31.1 Å². The van der Waals surface area contributed by atoms with Crippen molar-refractivity contribution in [2.75, 3.05) is 6.54 Å². The Hall–Kier alpha value is -0.0231. The maximum absolute atomic E-state index is 8.34. The topological polar surface area (TPSA) is 150 Å². The van der Waals surface area contributed by atoms with Crippen LogP contribution in [0.5, 0.6) is 0 Å². The second-order valence-electron chi connectivity index (χ2n) is 1.67. The average molecular weight is 173 g/mol. The van der Waals surface area contributed by atoms with Crippen molar-refractivity contribution in [1.29, 1.82) is 0 Å². The van der Waals surface area contributed by atoms with Gasteiger partial charge in [0.1, 0.15) is 0 Å². The minimum atomic E-state index is -3.76. The summed E-state index contributed by atoms with van der Waals surface area (Å²) in [5, 5.41) is 0. The molecule has 9 N–H and O–H groups in total. The van der Waals surface area contributed by atoms with Crippen molar-refractivity contribution in [2.24, 2.45) is 5.73 Å². The van der Waals surface area contributed by atoms with Crippen LogP contribution in [0.25, 0.3) is 0 Å². The van der Waals surface area contributed by atoms with E-state index in [9.17, 15) is 0 Å². The summed E-state index contributed by atoms with van der Waals surface area (Å²) in [6, 6.07) is 0.0451. The quantitative estimate of drug-likeness (QED) is 0.329. The van der Waals surface area contributed by atoms with Crippen LogP contribution in [0, 0.1) is 0 Å². The van der Waals surface area contributed by atoms with Gasteiger partial charge in [-0.05, 0) is 13.0 Å². The molecule has 0 aliphatic heterocycles. The van der Waals surface area contributed by atoms with E-state index < -0.39 is 8.80 Å². The first-order valence-corrected chi connectivity index (χ1v) is 4.48. The maximum Gasteiger partial charge on any atom is 0.492 e. The van der Waals surface area contributed by atoms with Crippen molar-refractivity contribution in [2.45, 2.75) is 12.5 Å². The highest BCUT2D eigenvalue weighted by Crippen LogP contribution is 1.97. The van der Waals surface area contributed by atoms with Gasteiger partial charge in [0.2, 0.25) is 0 Å². The summed E-state index contributed by atoms with van der Waals surface area (Å²) in [4.78, 5) is 25.0. The third-order valence-electron chi connectivity index (χ3n) is 0.716. The minimum absolute atomic E-state index is 0. The molecule has 0 bridgehead atoms. The van der Waals surface area contributed by atoms with E-state index in [2.05, 4.69) is 0 Å². The molecule has 0 aromatic carbocycles. The van der Waals surface area contributed by atoms with Crippen molar-refractivity contribution in [3.63, 3.8) is 0 Å². The molecule has 0 aromatic rings. The third kappa shape index (κ3) is 15.7. The first-order chi connectivity index (χ1) is 3.56. The number of rotatable bonds is 3. The zero-order valence-electron chi connectivity index (χ0n) is 5.54. The highest BCUT2D eigenvalue weighted by Gasteiger charge is 2.24.